The van der Waals surface area contributed by atoms with Crippen LogP contribution >= 0.6 is 0 Å². The van der Waals surface area contributed by atoms with E-state index in [4.69, 9.17) is 10.00 Å². The van der Waals surface area contributed by atoms with Crippen LogP contribution in [-0.4, -0.2) is 33.5 Å². The fourth-order valence-electron chi connectivity index (χ4n) is 2.83. The van der Waals surface area contributed by atoms with Gasteiger partial charge in [0.25, 0.3) is 11.6 Å². The van der Waals surface area contributed by atoms with Crippen molar-refractivity contribution < 1.29 is 24.4 Å². The van der Waals surface area contributed by atoms with Crippen LogP contribution in [0.1, 0.15) is 45.9 Å². The number of rotatable bonds is 6. The molecule has 10 heteroatoms. The molecule has 0 fully saturated rings. The van der Waals surface area contributed by atoms with Crippen LogP contribution in [0.4, 0.5) is 11.4 Å². The fraction of sp³-hybridized carbons (Fsp3) is 0.278. The molecule has 1 aromatic heterocycles. The zero-order valence-electron chi connectivity index (χ0n) is 15.4. The predicted molar refractivity (Wildman–Crippen MR) is 97.6 cm³/mol. The Morgan fingerprint density at radius 1 is 1.43 bits per heavy atom. The summed E-state index contributed by atoms with van der Waals surface area (Å²) in [6, 6.07) is 5.16. The lowest BCUT2D eigenvalue weighted by molar-refractivity contribution is -0.384. The summed E-state index contributed by atoms with van der Waals surface area (Å²) >= 11 is 0. The minimum atomic E-state index is -0.771. The number of aromatic amines is 1. The van der Waals surface area contributed by atoms with Crippen LogP contribution in [0.2, 0.25) is 0 Å². The number of nitriles is 1. The van der Waals surface area contributed by atoms with E-state index < -0.39 is 29.5 Å². The molecule has 1 aromatic carbocycles. The summed E-state index contributed by atoms with van der Waals surface area (Å²) in [5.74, 6) is -1.48. The average Bonchev–Trinajstić information content (AvgIpc) is 2.94. The molecule has 0 aliphatic heterocycles. The molecule has 0 aliphatic carbocycles. The third kappa shape index (κ3) is 4.33. The van der Waals surface area contributed by atoms with Gasteiger partial charge in [-0.1, -0.05) is 0 Å². The van der Waals surface area contributed by atoms with Gasteiger partial charge in [-0.05, 0) is 32.4 Å². The Morgan fingerprint density at radius 2 is 2.11 bits per heavy atom. The molecule has 0 unspecified atom stereocenters. The molecule has 0 spiro atoms. The van der Waals surface area contributed by atoms with Crippen molar-refractivity contribution in [1.29, 1.82) is 5.26 Å². The first-order valence-electron chi connectivity index (χ1n) is 8.18. The number of nitro benzene ring substituents is 1. The van der Waals surface area contributed by atoms with E-state index in [1.807, 2.05) is 0 Å². The Bertz CT molecular complexity index is 987. The van der Waals surface area contributed by atoms with E-state index in [2.05, 4.69) is 10.3 Å². The van der Waals surface area contributed by atoms with Gasteiger partial charge in [-0.15, -0.1) is 0 Å². The third-order valence-corrected chi connectivity index (χ3v) is 4.06. The first-order chi connectivity index (χ1) is 13.1. The number of aryl methyl sites for hydroxylation is 1. The molecule has 1 amide bonds. The highest BCUT2D eigenvalue weighted by atomic mass is 16.6. The SMILES string of the molecule is Cc1[nH]c(C(=O)OCC(=O)Nc2ccc([N+](=O)[O-])cc2C#N)c(C)c1[C@H](C)O. The Labute approximate surface area is 159 Å². The lowest BCUT2D eigenvalue weighted by atomic mass is 10.1. The third-order valence-electron chi connectivity index (χ3n) is 4.06. The molecule has 0 saturated heterocycles. The number of aliphatic hydroxyl groups is 1. The van der Waals surface area contributed by atoms with E-state index in [9.17, 15) is 24.8 Å². The topological polar surface area (TPSA) is 158 Å². The average molecular weight is 386 g/mol. The second-order valence-corrected chi connectivity index (χ2v) is 6.06. The molecular weight excluding hydrogens is 368 g/mol. The second-order valence-electron chi connectivity index (χ2n) is 6.06. The van der Waals surface area contributed by atoms with Crippen molar-refractivity contribution in [2.45, 2.75) is 26.9 Å². The Morgan fingerprint density at radius 3 is 2.64 bits per heavy atom. The highest BCUT2D eigenvalue weighted by Gasteiger charge is 2.22. The van der Waals surface area contributed by atoms with Gasteiger partial charge >= 0.3 is 5.97 Å². The largest absolute Gasteiger partial charge is 0.451 e. The zero-order valence-corrected chi connectivity index (χ0v) is 15.4. The van der Waals surface area contributed by atoms with Gasteiger partial charge in [0.05, 0.1) is 22.3 Å². The van der Waals surface area contributed by atoms with E-state index in [0.29, 0.717) is 16.8 Å². The van der Waals surface area contributed by atoms with E-state index >= 15 is 0 Å². The second kappa shape index (κ2) is 8.32. The summed E-state index contributed by atoms with van der Waals surface area (Å²) in [6.45, 7) is 4.31. The first kappa shape index (κ1) is 20.6. The van der Waals surface area contributed by atoms with Crippen LogP contribution in [0.25, 0.3) is 0 Å². The summed E-state index contributed by atoms with van der Waals surface area (Å²) in [6.07, 6.45) is -0.771. The van der Waals surface area contributed by atoms with Crippen LogP contribution in [0.15, 0.2) is 18.2 Å². The van der Waals surface area contributed by atoms with Crippen LogP contribution < -0.4 is 5.32 Å². The number of aromatic nitrogens is 1. The number of nitro groups is 1. The zero-order chi connectivity index (χ0) is 21.0. The summed E-state index contributed by atoms with van der Waals surface area (Å²) in [7, 11) is 0. The molecule has 0 bridgehead atoms. The van der Waals surface area contributed by atoms with E-state index in [0.717, 1.165) is 12.1 Å². The summed E-state index contributed by atoms with van der Waals surface area (Å²) in [5, 5.41) is 32.0. The molecule has 0 saturated carbocycles. The van der Waals surface area contributed by atoms with Gasteiger partial charge in [-0.3, -0.25) is 14.9 Å². The van der Waals surface area contributed by atoms with Gasteiger partial charge in [0.1, 0.15) is 11.8 Å². The van der Waals surface area contributed by atoms with E-state index in [1.54, 1.807) is 26.8 Å². The lowest BCUT2D eigenvalue weighted by Gasteiger charge is -2.08. The molecular formula is C18H18N4O6. The van der Waals surface area contributed by atoms with Crippen LogP contribution in [0.5, 0.6) is 0 Å². The number of hydrogen-bond acceptors (Lipinski definition) is 7. The van der Waals surface area contributed by atoms with Crippen LogP contribution in [0, 0.1) is 35.3 Å². The van der Waals surface area contributed by atoms with E-state index in [1.165, 1.54) is 6.07 Å². The molecule has 0 radical (unpaired) electrons. The summed E-state index contributed by atoms with van der Waals surface area (Å²) in [5.41, 5.74) is 1.56. The molecule has 2 aromatic rings. The molecule has 3 N–H and O–H groups in total. The minimum Gasteiger partial charge on any atom is -0.451 e. The standard InChI is InChI=1S/C18H18N4O6/c1-9-16(11(3)23)10(2)20-17(9)18(25)28-8-15(24)21-14-5-4-13(22(26)27)6-12(14)7-19/h4-6,11,20,23H,8H2,1-3H3,(H,21,24)/t11-/m0/s1. The van der Waals surface area contributed by atoms with Crippen molar-refractivity contribution in [1.82, 2.24) is 4.98 Å². The van der Waals surface area contributed by atoms with Gasteiger partial charge < -0.3 is 20.1 Å². The monoisotopic (exact) mass is 386 g/mol. The number of benzene rings is 1. The van der Waals surface area contributed by atoms with Crippen molar-refractivity contribution in [2.24, 2.45) is 0 Å². The summed E-state index contributed by atoms with van der Waals surface area (Å²) in [4.78, 5) is 37.1. The van der Waals surface area contributed by atoms with Crippen LogP contribution in [-0.2, 0) is 9.53 Å². The van der Waals surface area contributed by atoms with Crippen molar-refractivity contribution in [2.75, 3.05) is 11.9 Å². The molecule has 146 valence electrons. The minimum absolute atomic E-state index is 0.0671. The number of esters is 1. The molecule has 1 atom stereocenters. The maximum Gasteiger partial charge on any atom is 0.355 e. The highest BCUT2D eigenvalue weighted by molar-refractivity contribution is 5.96. The van der Waals surface area contributed by atoms with Crippen molar-refractivity contribution in [3.8, 4) is 6.07 Å². The van der Waals surface area contributed by atoms with Gasteiger partial charge in [-0.25, -0.2) is 4.79 Å². The predicted octanol–water partition coefficient (Wildman–Crippen LogP) is 2.26. The maximum absolute atomic E-state index is 12.2. The number of anilines is 1. The van der Waals surface area contributed by atoms with E-state index in [-0.39, 0.29) is 22.6 Å². The molecule has 2 rings (SSSR count). The quantitative estimate of drug-likeness (QED) is 0.390. The van der Waals surface area contributed by atoms with Gasteiger partial charge in [0.2, 0.25) is 0 Å². The Hall–Kier alpha value is -3.71. The van der Waals surface area contributed by atoms with Crippen LogP contribution in [0.3, 0.4) is 0 Å². The van der Waals surface area contributed by atoms with Gasteiger partial charge in [0, 0.05) is 23.4 Å². The first-order valence-corrected chi connectivity index (χ1v) is 8.18. The number of nitrogens with zero attached hydrogens (tertiary/aromatic N) is 2. The molecule has 10 nitrogen and oxygen atoms in total. The number of hydrogen-bond donors (Lipinski definition) is 3. The lowest BCUT2D eigenvalue weighted by Crippen LogP contribution is -2.22. The maximum atomic E-state index is 12.2. The van der Waals surface area contributed by atoms with Crippen molar-refractivity contribution in [3.63, 3.8) is 0 Å². The number of aliphatic hydroxyl groups excluding tert-OH is 1. The van der Waals surface area contributed by atoms with Gasteiger partial charge in [0.15, 0.2) is 6.61 Å². The van der Waals surface area contributed by atoms with Crippen molar-refractivity contribution >= 4 is 23.3 Å². The fourth-order valence-corrected chi connectivity index (χ4v) is 2.83. The van der Waals surface area contributed by atoms with Gasteiger partial charge in [-0.2, -0.15) is 5.26 Å². The number of ether oxygens (including phenoxy) is 1. The smallest absolute Gasteiger partial charge is 0.355 e. The number of carbonyl (C=O) groups is 2. The number of H-pyrrole nitrogens is 1. The van der Waals surface area contributed by atoms with Crippen molar-refractivity contribution in [3.05, 3.63) is 56.4 Å². The molecule has 28 heavy (non-hydrogen) atoms. The Kier molecular flexibility index (Phi) is 6.12. The number of carbonyl (C=O) groups excluding carboxylic acids is 2. The number of amides is 1. The number of nitrogens with one attached hydrogen (secondary N) is 2. The summed E-state index contributed by atoms with van der Waals surface area (Å²) < 4.78 is 4.97. The highest BCUT2D eigenvalue weighted by Crippen LogP contribution is 2.25. The normalized spacial score (nSPS) is 11.4. The Balaban J connectivity index is 2.05. The molecule has 1 heterocycles. The molecule has 0 aliphatic rings. The number of non-ortho nitro benzene ring substituents is 1.